The zero-order chi connectivity index (χ0) is 10.1. The van der Waals surface area contributed by atoms with E-state index in [9.17, 15) is 4.79 Å². The third-order valence-electron chi connectivity index (χ3n) is 1.90. The van der Waals surface area contributed by atoms with Crippen LogP contribution in [0.25, 0.3) is 10.9 Å². The van der Waals surface area contributed by atoms with E-state index in [-0.39, 0.29) is 5.69 Å². The van der Waals surface area contributed by atoms with Crippen LogP contribution in [-0.2, 0) is 4.74 Å². The van der Waals surface area contributed by atoms with Crippen LogP contribution in [0, 0.1) is 0 Å². The number of aromatic nitrogens is 2. The molecule has 0 unspecified atom stereocenters. The summed E-state index contributed by atoms with van der Waals surface area (Å²) in [6.07, 6.45) is 0. The van der Waals surface area contributed by atoms with Gasteiger partial charge in [-0.15, -0.1) is 0 Å². The minimum absolute atomic E-state index is 0.277. The van der Waals surface area contributed by atoms with E-state index in [0.717, 1.165) is 5.52 Å². The summed E-state index contributed by atoms with van der Waals surface area (Å²) in [6, 6.07) is 5.13. The third-order valence-corrected chi connectivity index (χ3v) is 2.14. The van der Waals surface area contributed by atoms with Crippen LogP contribution in [0.3, 0.4) is 0 Å². The SMILES string of the molecule is COC(=O)c1n[nH]c2cc(Cl)ccc12. The van der Waals surface area contributed by atoms with E-state index < -0.39 is 5.97 Å². The molecule has 0 bridgehead atoms. The van der Waals surface area contributed by atoms with Gasteiger partial charge in [-0.2, -0.15) is 5.10 Å². The number of nitrogens with zero attached hydrogens (tertiary/aromatic N) is 1. The minimum Gasteiger partial charge on any atom is -0.464 e. The number of benzene rings is 1. The maximum Gasteiger partial charge on any atom is 0.359 e. The number of ether oxygens (including phenoxy) is 1. The zero-order valence-electron chi connectivity index (χ0n) is 7.37. The molecule has 4 nitrogen and oxygen atoms in total. The number of methoxy groups -OCH3 is 1. The first kappa shape index (κ1) is 9.02. The summed E-state index contributed by atoms with van der Waals surface area (Å²) in [6.45, 7) is 0. The van der Waals surface area contributed by atoms with Gasteiger partial charge in [-0.1, -0.05) is 11.6 Å². The fourth-order valence-corrected chi connectivity index (χ4v) is 1.42. The summed E-state index contributed by atoms with van der Waals surface area (Å²) in [7, 11) is 1.32. The van der Waals surface area contributed by atoms with Crippen molar-refractivity contribution in [3.8, 4) is 0 Å². The number of carbonyl (C=O) groups is 1. The van der Waals surface area contributed by atoms with E-state index in [1.165, 1.54) is 7.11 Å². The molecule has 0 saturated carbocycles. The number of esters is 1. The van der Waals surface area contributed by atoms with Crippen LogP contribution >= 0.6 is 11.6 Å². The van der Waals surface area contributed by atoms with Crippen molar-refractivity contribution >= 4 is 28.5 Å². The summed E-state index contributed by atoms with van der Waals surface area (Å²) in [5.41, 5.74) is 0.997. The highest BCUT2D eigenvalue weighted by Crippen LogP contribution is 2.20. The van der Waals surface area contributed by atoms with Gasteiger partial charge in [0.15, 0.2) is 5.69 Å². The lowest BCUT2D eigenvalue weighted by Gasteiger charge is -1.94. The molecule has 0 atom stereocenters. The number of rotatable bonds is 1. The number of hydrogen-bond acceptors (Lipinski definition) is 3. The molecule has 0 fully saturated rings. The van der Waals surface area contributed by atoms with Crippen LogP contribution in [0.15, 0.2) is 18.2 Å². The molecular weight excluding hydrogens is 204 g/mol. The van der Waals surface area contributed by atoms with Gasteiger partial charge in [0.1, 0.15) is 0 Å². The number of fused-ring (bicyclic) bond motifs is 1. The van der Waals surface area contributed by atoms with Gasteiger partial charge in [0.05, 0.1) is 12.6 Å². The molecule has 5 heteroatoms. The average molecular weight is 211 g/mol. The van der Waals surface area contributed by atoms with E-state index in [4.69, 9.17) is 11.6 Å². The molecule has 0 aliphatic heterocycles. The fraction of sp³-hybridized carbons (Fsp3) is 0.111. The van der Waals surface area contributed by atoms with Gasteiger partial charge in [0.2, 0.25) is 0 Å². The highest BCUT2D eigenvalue weighted by molar-refractivity contribution is 6.31. The summed E-state index contributed by atoms with van der Waals surface area (Å²) in [5, 5.41) is 7.86. The van der Waals surface area contributed by atoms with Gasteiger partial charge >= 0.3 is 5.97 Å². The molecule has 2 aromatic rings. The molecular formula is C9H7ClN2O2. The molecule has 0 saturated heterocycles. The second kappa shape index (κ2) is 3.31. The summed E-state index contributed by atoms with van der Waals surface area (Å²) in [4.78, 5) is 11.2. The summed E-state index contributed by atoms with van der Waals surface area (Å²) < 4.78 is 4.58. The lowest BCUT2D eigenvalue weighted by molar-refractivity contribution is 0.0596. The van der Waals surface area contributed by atoms with E-state index in [0.29, 0.717) is 10.4 Å². The Morgan fingerprint density at radius 2 is 2.36 bits per heavy atom. The van der Waals surface area contributed by atoms with Crippen molar-refractivity contribution in [1.82, 2.24) is 10.2 Å². The predicted octanol–water partition coefficient (Wildman–Crippen LogP) is 2.00. The van der Waals surface area contributed by atoms with E-state index >= 15 is 0 Å². The van der Waals surface area contributed by atoms with Gasteiger partial charge in [-0.25, -0.2) is 4.79 Å². The van der Waals surface area contributed by atoms with E-state index in [2.05, 4.69) is 14.9 Å². The van der Waals surface area contributed by atoms with Crippen molar-refractivity contribution in [3.05, 3.63) is 28.9 Å². The molecule has 0 aliphatic rings. The Labute approximate surface area is 84.8 Å². The summed E-state index contributed by atoms with van der Waals surface area (Å²) in [5.74, 6) is -0.460. The van der Waals surface area contributed by atoms with Gasteiger partial charge in [0.25, 0.3) is 0 Å². The molecule has 0 radical (unpaired) electrons. The number of H-pyrrole nitrogens is 1. The summed E-state index contributed by atoms with van der Waals surface area (Å²) >= 11 is 5.78. The standard InChI is InChI=1S/C9H7ClN2O2/c1-14-9(13)8-6-3-2-5(10)4-7(6)11-12-8/h2-4H,1H3,(H,11,12). The van der Waals surface area contributed by atoms with Crippen LogP contribution in [0.2, 0.25) is 5.02 Å². The molecule has 1 aromatic heterocycles. The first-order valence-electron chi connectivity index (χ1n) is 3.94. The Morgan fingerprint density at radius 1 is 1.57 bits per heavy atom. The lowest BCUT2D eigenvalue weighted by Crippen LogP contribution is -2.01. The molecule has 1 heterocycles. The Bertz CT molecular complexity index is 493. The Kier molecular flexibility index (Phi) is 2.13. The van der Waals surface area contributed by atoms with Crippen LogP contribution in [-0.4, -0.2) is 23.3 Å². The largest absolute Gasteiger partial charge is 0.464 e. The number of carbonyl (C=O) groups excluding carboxylic acids is 1. The molecule has 1 aromatic carbocycles. The van der Waals surface area contributed by atoms with E-state index in [1.807, 2.05) is 0 Å². The second-order valence-electron chi connectivity index (χ2n) is 2.75. The second-order valence-corrected chi connectivity index (χ2v) is 3.19. The Balaban J connectivity index is 2.64. The number of hydrogen-bond donors (Lipinski definition) is 1. The van der Waals surface area contributed by atoms with Crippen molar-refractivity contribution < 1.29 is 9.53 Å². The molecule has 1 N–H and O–H groups in total. The minimum atomic E-state index is -0.460. The molecule has 0 spiro atoms. The maximum absolute atomic E-state index is 11.2. The topological polar surface area (TPSA) is 55.0 Å². The Morgan fingerprint density at radius 3 is 3.07 bits per heavy atom. The molecule has 72 valence electrons. The van der Waals surface area contributed by atoms with Gasteiger partial charge in [-0.05, 0) is 18.2 Å². The van der Waals surface area contributed by atoms with Crippen LogP contribution in [0.4, 0.5) is 0 Å². The smallest absolute Gasteiger partial charge is 0.359 e. The molecule has 0 amide bonds. The first-order chi connectivity index (χ1) is 6.72. The van der Waals surface area contributed by atoms with Crippen molar-refractivity contribution in [2.24, 2.45) is 0 Å². The van der Waals surface area contributed by atoms with Gasteiger partial charge in [0, 0.05) is 10.4 Å². The highest BCUT2D eigenvalue weighted by Gasteiger charge is 2.13. The van der Waals surface area contributed by atoms with Crippen LogP contribution in [0.1, 0.15) is 10.5 Å². The highest BCUT2D eigenvalue weighted by atomic mass is 35.5. The van der Waals surface area contributed by atoms with Crippen molar-refractivity contribution in [1.29, 1.82) is 0 Å². The average Bonchev–Trinajstić information content (AvgIpc) is 2.59. The van der Waals surface area contributed by atoms with Gasteiger partial charge < -0.3 is 4.74 Å². The maximum atomic E-state index is 11.2. The van der Waals surface area contributed by atoms with Crippen molar-refractivity contribution in [3.63, 3.8) is 0 Å². The molecule has 14 heavy (non-hydrogen) atoms. The quantitative estimate of drug-likeness (QED) is 0.733. The third kappa shape index (κ3) is 1.33. The number of nitrogens with one attached hydrogen (secondary N) is 1. The predicted molar refractivity (Wildman–Crippen MR) is 52.4 cm³/mol. The van der Waals surface area contributed by atoms with Crippen LogP contribution < -0.4 is 0 Å². The lowest BCUT2D eigenvalue weighted by atomic mass is 10.2. The normalized spacial score (nSPS) is 10.4. The van der Waals surface area contributed by atoms with Crippen LogP contribution in [0.5, 0.6) is 0 Å². The van der Waals surface area contributed by atoms with Crippen molar-refractivity contribution in [2.45, 2.75) is 0 Å². The first-order valence-corrected chi connectivity index (χ1v) is 4.32. The Hall–Kier alpha value is -1.55. The number of aromatic amines is 1. The molecule has 2 rings (SSSR count). The molecule has 0 aliphatic carbocycles. The fourth-order valence-electron chi connectivity index (χ4n) is 1.24. The zero-order valence-corrected chi connectivity index (χ0v) is 8.13. The number of halogens is 1. The van der Waals surface area contributed by atoms with E-state index in [1.54, 1.807) is 18.2 Å². The van der Waals surface area contributed by atoms with Crippen molar-refractivity contribution in [2.75, 3.05) is 7.11 Å². The monoisotopic (exact) mass is 210 g/mol. The van der Waals surface area contributed by atoms with Gasteiger partial charge in [-0.3, -0.25) is 5.10 Å².